The summed E-state index contributed by atoms with van der Waals surface area (Å²) in [5.74, 6) is -3.06. The summed E-state index contributed by atoms with van der Waals surface area (Å²) in [5.41, 5.74) is 17.3. The van der Waals surface area contributed by atoms with Gasteiger partial charge in [-0.2, -0.15) is 0 Å². The lowest BCUT2D eigenvalue weighted by atomic mass is 10.0. The van der Waals surface area contributed by atoms with E-state index in [0.29, 0.717) is 16.5 Å². The number of rotatable bonds is 10. The van der Waals surface area contributed by atoms with Crippen LogP contribution in [-0.2, 0) is 31.1 Å². The van der Waals surface area contributed by atoms with Gasteiger partial charge in [0, 0.05) is 16.9 Å². The molecule has 40 heavy (non-hydrogen) atoms. The standard InChI is InChI=1S/C21H23N9O7S3/c1-7(18(33)34)37-28-12(9-6-39-20(24)25-9)15(31)27-13-16(32)30-14(19(35)36)8(4-38-17(13)30)5-40-21-26-10(22)3-11(23)29(21)2/h3,6-7,13,17H,4-5H2,1-2H3,(H8,22,23,24,25,27,31,33,34,35,36)/p+1/b28-12-/t7-,13?,17-/m1/s1. The number of nitrogens with zero attached hydrogens (tertiary/aromatic N) is 5. The molecule has 0 radical (unpaired) electrons. The Balaban J connectivity index is 1.52. The number of β-lactam (4-membered cyclic amide) rings is 1. The highest BCUT2D eigenvalue weighted by Gasteiger charge is 2.54. The second-order valence-electron chi connectivity index (χ2n) is 8.45. The second kappa shape index (κ2) is 11.6. The zero-order chi connectivity index (χ0) is 29.3. The minimum atomic E-state index is -1.37. The van der Waals surface area contributed by atoms with E-state index < -0.39 is 41.3 Å². The maximum atomic E-state index is 13.1. The summed E-state index contributed by atoms with van der Waals surface area (Å²) < 4.78 is 1.61. The Hall–Kier alpha value is -4.10. The van der Waals surface area contributed by atoms with E-state index in [-0.39, 0.29) is 39.6 Å². The molecule has 1 fully saturated rings. The molecule has 0 saturated carbocycles. The number of thioether (sulfide) groups is 2. The molecular formula is C21H24N9O7S3+. The Morgan fingerprint density at radius 1 is 1.32 bits per heavy atom. The van der Waals surface area contributed by atoms with E-state index in [1.165, 1.54) is 41.9 Å². The summed E-state index contributed by atoms with van der Waals surface area (Å²) in [6.45, 7) is 1.22. The van der Waals surface area contributed by atoms with Gasteiger partial charge in [-0.25, -0.2) is 19.1 Å². The number of carbonyl (C=O) groups is 4. The fourth-order valence-electron chi connectivity index (χ4n) is 3.64. The molecule has 2 amide bonds. The number of amides is 2. The first-order valence-corrected chi connectivity index (χ1v) is 14.2. The predicted octanol–water partition coefficient (Wildman–Crippen LogP) is -1.17. The normalized spacial score (nSPS) is 19.5. The first kappa shape index (κ1) is 28.9. The number of nitrogens with two attached hydrogens (primary N) is 3. The lowest BCUT2D eigenvalue weighted by Crippen LogP contribution is -2.71. The number of nitrogens with one attached hydrogen (secondary N) is 1. The number of carboxylic acid groups (broad SMARTS) is 2. The molecule has 2 aliphatic heterocycles. The highest BCUT2D eigenvalue weighted by molar-refractivity contribution is 8.01. The maximum Gasteiger partial charge on any atom is 0.352 e. The van der Waals surface area contributed by atoms with Gasteiger partial charge in [0.05, 0.1) is 13.1 Å². The van der Waals surface area contributed by atoms with E-state index in [0.717, 1.165) is 16.2 Å². The van der Waals surface area contributed by atoms with Gasteiger partial charge in [0.25, 0.3) is 11.8 Å². The van der Waals surface area contributed by atoms with Crippen LogP contribution in [0.4, 0.5) is 16.8 Å². The van der Waals surface area contributed by atoms with Crippen molar-refractivity contribution in [3.8, 4) is 0 Å². The van der Waals surface area contributed by atoms with Crippen LogP contribution in [-0.4, -0.2) is 83.6 Å². The van der Waals surface area contributed by atoms with Gasteiger partial charge in [0.2, 0.25) is 17.7 Å². The Morgan fingerprint density at radius 3 is 2.67 bits per heavy atom. The van der Waals surface area contributed by atoms with Crippen LogP contribution >= 0.6 is 34.9 Å². The Morgan fingerprint density at radius 2 is 2.05 bits per heavy atom. The summed E-state index contributed by atoms with van der Waals surface area (Å²) in [6.07, 6.45) is -1.37. The van der Waals surface area contributed by atoms with Gasteiger partial charge in [0.15, 0.2) is 10.8 Å². The number of aromatic nitrogens is 3. The number of carboxylic acids is 2. The first-order valence-electron chi connectivity index (χ1n) is 11.3. The van der Waals surface area contributed by atoms with E-state index in [4.69, 9.17) is 27.1 Å². The molecule has 4 rings (SSSR count). The van der Waals surface area contributed by atoms with Gasteiger partial charge in [-0.1, -0.05) is 10.1 Å². The fourth-order valence-corrected chi connectivity index (χ4v) is 6.67. The third-order valence-corrected chi connectivity index (χ3v) is 8.87. The van der Waals surface area contributed by atoms with Crippen molar-refractivity contribution < 1.29 is 38.8 Å². The van der Waals surface area contributed by atoms with Crippen LogP contribution in [0.25, 0.3) is 0 Å². The van der Waals surface area contributed by atoms with Crippen molar-refractivity contribution in [1.29, 1.82) is 0 Å². The average Bonchev–Trinajstić information content (AvgIpc) is 3.33. The van der Waals surface area contributed by atoms with E-state index in [1.54, 1.807) is 11.6 Å². The highest BCUT2D eigenvalue weighted by Crippen LogP contribution is 2.41. The molecule has 9 N–H and O–H groups in total. The van der Waals surface area contributed by atoms with Gasteiger partial charge in [-0.3, -0.25) is 14.5 Å². The predicted molar refractivity (Wildman–Crippen MR) is 146 cm³/mol. The monoisotopic (exact) mass is 610 g/mol. The molecule has 2 aromatic heterocycles. The number of nitrogen functional groups attached to an aromatic ring is 3. The molecule has 0 spiro atoms. The maximum absolute atomic E-state index is 13.1. The van der Waals surface area contributed by atoms with Crippen LogP contribution in [0, 0.1) is 0 Å². The average molecular weight is 611 g/mol. The number of oxime groups is 1. The lowest BCUT2D eigenvalue weighted by molar-refractivity contribution is -0.698. The Labute approximate surface area is 238 Å². The van der Waals surface area contributed by atoms with Gasteiger partial charge < -0.3 is 37.6 Å². The summed E-state index contributed by atoms with van der Waals surface area (Å²) in [4.78, 5) is 63.7. The first-order chi connectivity index (χ1) is 18.9. The molecule has 212 valence electrons. The molecule has 0 bridgehead atoms. The SMILES string of the molecule is C[C@@H](O/N=C(\C(=O)NC1C(=O)N2C(C(=O)O)=C(CSc3nc(N)cc(N)[n+]3C)CS[C@H]12)c1csc(N)n1)C(=O)O. The topological polar surface area (TPSA) is 253 Å². The van der Waals surface area contributed by atoms with Crippen LogP contribution in [0.2, 0.25) is 0 Å². The molecule has 2 aromatic rings. The number of hydrogen-bond acceptors (Lipinski definition) is 14. The van der Waals surface area contributed by atoms with Gasteiger partial charge in [0.1, 0.15) is 22.8 Å². The van der Waals surface area contributed by atoms with Crippen LogP contribution < -0.4 is 27.1 Å². The molecule has 0 aromatic carbocycles. The molecule has 4 heterocycles. The number of hydrogen-bond donors (Lipinski definition) is 6. The van der Waals surface area contributed by atoms with Crippen molar-refractivity contribution in [2.45, 2.75) is 29.6 Å². The zero-order valence-electron chi connectivity index (χ0n) is 20.9. The lowest BCUT2D eigenvalue weighted by Gasteiger charge is -2.49. The molecule has 16 nitrogen and oxygen atoms in total. The van der Waals surface area contributed by atoms with Crippen molar-refractivity contribution in [1.82, 2.24) is 20.2 Å². The summed E-state index contributed by atoms with van der Waals surface area (Å²) >= 11 is 3.51. The number of carbonyl (C=O) groups excluding carboxylic acids is 2. The highest BCUT2D eigenvalue weighted by atomic mass is 32.2. The van der Waals surface area contributed by atoms with Crippen molar-refractivity contribution >= 4 is 81.1 Å². The third-order valence-electron chi connectivity index (χ3n) is 5.74. The number of thiazole rings is 1. The van der Waals surface area contributed by atoms with Crippen LogP contribution in [0.5, 0.6) is 0 Å². The van der Waals surface area contributed by atoms with Crippen molar-refractivity contribution in [2.24, 2.45) is 12.2 Å². The van der Waals surface area contributed by atoms with E-state index in [1.807, 2.05) is 0 Å². The molecular weight excluding hydrogens is 586 g/mol. The minimum Gasteiger partial charge on any atom is -0.478 e. The molecule has 3 atom stereocenters. The number of anilines is 3. The summed E-state index contributed by atoms with van der Waals surface area (Å²) in [7, 11) is 1.69. The second-order valence-corrected chi connectivity index (χ2v) is 11.4. The smallest absolute Gasteiger partial charge is 0.352 e. The summed E-state index contributed by atoms with van der Waals surface area (Å²) in [6, 6.07) is 0.422. The van der Waals surface area contributed by atoms with Crippen molar-refractivity contribution in [2.75, 3.05) is 28.7 Å². The van der Waals surface area contributed by atoms with Crippen molar-refractivity contribution in [3.63, 3.8) is 0 Å². The zero-order valence-corrected chi connectivity index (χ0v) is 23.4. The van der Waals surface area contributed by atoms with Crippen molar-refractivity contribution in [3.05, 3.63) is 28.4 Å². The molecule has 1 saturated heterocycles. The molecule has 1 unspecified atom stereocenters. The largest absolute Gasteiger partial charge is 0.478 e. The van der Waals surface area contributed by atoms with Gasteiger partial charge in [-0.15, -0.1) is 23.1 Å². The van der Waals surface area contributed by atoms with E-state index in [9.17, 15) is 24.3 Å². The van der Waals surface area contributed by atoms with Gasteiger partial charge >= 0.3 is 17.1 Å². The Kier molecular flexibility index (Phi) is 8.35. The van der Waals surface area contributed by atoms with Gasteiger partial charge in [-0.05, 0) is 24.3 Å². The quantitative estimate of drug-likeness (QED) is 0.0463. The third kappa shape index (κ3) is 5.75. The minimum absolute atomic E-state index is 0.0203. The fraction of sp³-hybridized carbons (Fsp3) is 0.333. The van der Waals surface area contributed by atoms with E-state index in [2.05, 4.69) is 20.4 Å². The number of fused-ring (bicyclic) bond motifs is 1. The van der Waals surface area contributed by atoms with Crippen LogP contribution in [0.1, 0.15) is 12.6 Å². The van der Waals surface area contributed by atoms with Crippen LogP contribution in [0.3, 0.4) is 0 Å². The molecule has 2 aliphatic rings. The van der Waals surface area contributed by atoms with E-state index >= 15 is 0 Å². The van der Waals surface area contributed by atoms with Crippen LogP contribution in [0.15, 0.2) is 33.0 Å². The number of aliphatic carboxylic acids is 2. The molecule has 0 aliphatic carbocycles. The molecule has 19 heteroatoms. The Bertz CT molecular complexity index is 1460. The summed E-state index contributed by atoms with van der Waals surface area (Å²) in [5, 5.41) is 26.5.